The maximum atomic E-state index is 12.2. The van der Waals surface area contributed by atoms with Gasteiger partial charge in [0.05, 0.1) is 0 Å². The molecule has 0 aromatic carbocycles. The Kier molecular flexibility index (Phi) is 4.80. The molecule has 0 saturated carbocycles. The summed E-state index contributed by atoms with van der Waals surface area (Å²) < 4.78 is 0. The summed E-state index contributed by atoms with van der Waals surface area (Å²) in [6.07, 6.45) is 6.46. The second-order valence-electron chi connectivity index (χ2n) is 6.75. The fraction of sp³-hybridized carbons (Fsp3) is 0.688. The highest BCUT2D eigenvalue weighted by Crippen LogP contribution is 2.21. The molecule has 5 nitrogen and oxygen atoms in total. The van der Waals surface area contributed by atoms with Crippen molar-refractivity contribution in [1.82, 2.24) is 15.3 Å². The Bertz CT molecular complexity index is 470. The van der Waals surface area contributed by atoms with Gasteiger partial charge >= 0.3 is 0 Å². The normalized spacial score (nSPS) is 16.9. The van der Waals surface area contributed by atoms with Gasteiger partial charge in [0.2, 0.25) is 11.9 Å². The molecule has 1 fully saturated rings. The molecule has 2 rings (SSSR count). The largest absolute Gasteiger partial charge is 0.351 e. The van der Waals surface area contributed by atoms with Crippen molar-refractivity contribution in [3.63, 3.8) is 0 Å². The summed E-state index contributed by atoms with van der Waals surface area (Å²) in [7, 11) is 0. The number of rotatable bonds is 3. The number of carbonyl (C=O) groups is 1. The molecule has 0 unspecified atom stereocenters. The summed E-state index contributed by atoms with van der Waals surface area (Å²) in [5.41, 5.74) is 0.992. The van der Waals surface area contributed by atoms with Gasteiger partial charge in [0.1, 0.15) is 0 Å². The van der Waals surface area contributed by atoms with E-state index in [9.17, 15) is 4.79 Å². The summed E-state index contributed by atoms with van der Waals surface area (Å²) in [4.78, 5) is 23.2. The highest BCUT2D eigenvalue weighted by Gasteiger charge is 2.28. The summed E-state index contributed by atoms with van der Waals surface area (Å²) in [5.74, 6) is 1.06. The zero-order valence-electron chi connectivity index (χ0n) is 13.5. The lowest BCUT2D eigenvalue weighted by Crippen LogP contribution is -2.47. The van der Waals surface area contributed by atoms with Crippen LogP contribution in [0.4, 0.5) is 5.95 Å². The van der Waals surface area contributed by atoms with E-state index in [2.05, 4.69) is 27.1 Å². The topological polar surface area (TPSA) is 58.1 Å². The number of hydrogen-bond donors (Lipinski definition) is 1. The molecular formula is C16H26N4O. The number of carbonyl (C=O) groups excluding carboxylic acids is 1. The third-order valence-electron chi connectivity index (χ3n) is 3.75. The summed E-state index contributed by atoms with van der Waals surface area (Å²) in [5, 5.41) is 3.07. The van der Waals surface area contributed by atoms with Gasteiger partial charge in [0.25, 0.3) is 0 Å². The lowest BCUT2D eigenvalue weighted by Gasteiger charge is -2.33. The molecule has 2 heterocycles. The number of piperidine rings is 1. The molecule has 1 aliphatic heterocycles. The summed E-state index contributed by atoms with van der Waals surface area (Å²) >= 11 is 0. The van der Waals surface area contributed by atoms with E-state index in [1.54, 1.807) is 0 Å². The number of nitrogens with one attached hydrogen (secondary N) is 1. The van der Waals surface area contributed by atoms with E-state index < -0.39 is 0 Å². The number of nitrogens with zero attached hydrogens (tertiary/aromatic N) is 3. The molecule has 0 spiro atoms. The molecule has 5 heteroatoms. The van der Waals surface area contributed by atoms with Crippen molar-refractivity contribution < 1.29 is 4.79 Å². The molecular weight excluding hydrogens is 264 g/mol. The monoisotopic (exact) mass is 290 g/mol. The number of aryl methyl sites for hydroxylation is 1. The Morgan fingerprint density at radius 3 is 2.33 bits per heavy atom. The highest BCUT2D eigenvalue weighted by molar-refractivity contribution is 5.79. The molecule has 1 amide bonds. The van der Waals surface area contributed by atoms with Crippen LogP contribution in [0.5, 0.6) is 0 Å². The lowest BCUT2D eigenvalue weighted by molar-refractivity contribution is -0.127. The summed E-state index contributed by atoms with van der Waals surface area (Å²) in [6.45, 7) is 9.83. The first-order chi connectivity index (χ1) is 9.89. The second kappa shape index (κ2) is 6.41. The maximum Gasteiger partial charge on any atom is 0.225 e. The average molecular weight is 290 g/mol. The standard InChI is InChI=1S/C16H26N4O/c1-5-12-10-17-15(18-11-12)20-8-6-13(7-9-20)14(21)19-16(2,3)4/h10-11,13H,5-9H2,1-4H3,(H,19,21). The van der Waals surface area contributed by atoms with Crippen LogP contribution in [0.2, 0.25) is 0 Å². The molecule has 0 bridgehead atoms. The average Bonchev–Trinajstić information content (AvgIpc) is 2.46. The predicted molar refractivity (Wildman–Crippen MR) is 84.2 cm³/mol. The first-order valence-electron chi connectivity index (χ1n) is 7.77. The molecule has 0 radical (unpaired) electrons. The van der Waals surface area contributed by atoms with E-state index >= 15 is 0 Å². The highest BCUT2D eigenvalue weighted by atomic mass is 16.2. The van der Waals surface area contributed by atoms with Gasteiger partial charge in [-0.2, -0.15) is 0 Å². The van der Waals surface area contributed by atoms with Crippen LogP contribution in [0, 0.1) is 5.92 Å². The minimum absolute atomic E-state index is 0.107. The van der Waals surface area contributed by atoms with Gasteiger partial charge in [-0.3, -0.25) is 4.79 Å². The van der Waals surface area contributed by atoms with Gasteiger partial charge in [-0.25, -0.2) is 9.97 Å². The number of anilines is 1. The number of hydrogen-bond acceptors (Lipinski definition) is 4. The minimum atomic E-state index is -0.159. The van der Waals surface area contributed by atoms with E-state index in [1.165, 1.54) is 0 Å². The van der Waals surface area contributed by atoms with Crippen LogP contribution >= 0.6 is 0 Å². The smallest absolute Gasteiger partial charge is 0.225 e. The van der Waals surface area contributed by atoms with Crippen molar-refractivity contribution in [3.05, 3.63) is 18.0 Å². The Morgan fingerprint density at radius 1 is 1.29 bits per heavy atom. The second-order valence-corrected chi connectivity index (χ2v) is 6.75. The molecule has 1 saturated heterocycles. The van der Waals surface area contributed by atoms with Crippen molar-refractivity contribution >= 4 is 11.9 Å². The molecule has 1 N–H and O–H groups in total. The first kappa shape index (κ1) is 15.7. The van der Waals surface area contributed by atoms with Gasteiger partial charge in [-0.05, 0) is 45.6 Å². The lowest BCUT2D eigenvalue weighted by atomic mass is 9.94. The van der Waals surface area contributed by atoms with Crippen molar-refractivity contribution in [2.45, 2.75) is 52.5 Å². The predicted octanol–water partition coefficient (Wildman–Crippen LogP) is 2.17. The van der Waals surface area contributed by atoms with Crippen LogP contribution in [-0.2, 0) is 11.2 Å². The zero-order valence-corrected chi connectivity index (χ0v) is 13.5. The molecule has 1 aromatic heterocycles. The van der Waals surface area contributed by atoms with Crippen molar-refractivity contribution in [2.24, 2.45) is 5.92 Å². The minimum Gasteiger partial charge on any atom is -0.351 e. The van der Waals surface area contributed by atoms with Gasteiger partial charge < -0.3 is 10.2 Å². The van der Waals surface area contributed by atoms with Crippen LogP contribution in [0.15, 0.2) is 12.4 Å². The fourth-order valence-electron chi connectivity index (χ4n) is 2.51. The van der Waals surface area contributed by atoms with Crippen molar-refractivity contribution in [1.29, 1.82) is 0 Å². The first-order valence-corrected chi connectivity index (χ1v) is 7.77. The van der Waals surface area contributed by atoms with Crippen molar-refractivity contribution in [3.8, 4) is 0 Å². The molecule has 0 aliphatic carbocycles. The summed E-state index contributed by atoms with van der Waals surface area (Å²) in [6, 6.07) is 0. The molecule has 116 valence electrons. The van der Waals surface area contributed by atoms with Crippen LogP contribution in [-0.4, -0.2) is 34.5 Å². The SMILES string of the molecule is CCc1cnc(N2CCC(C(=O)NC(C)(C)C)CC2)nc1. The van der Waals surface area contributed by atoms with Crippen molar-refractivity contribution in [2.75, 3.05) is 18.0 Å². The Morgan fingerprint density at radius 2 is 1.86 bits per heavy atom. The van der Waals surface area contributed by atoms with Gasteiger partial charge in [-0.15, -0.1) is 0 Å². The quantitative estimate of drug-likeness (QED) is 0.927. The molecule has 1 aromatic rings. The fourth-order valence-corrected chi connectivity index (χ4v) is 2.51. The van der Waals surface area contributed by atoms with Crippen LogP contribution in [0.3, 0.4) is 0 Å². The third-order valence-corrected chi connectivity index (χ3v) is 3.75. The zero-order chi connectivity index (χ0) is 15.5. The Balaban J connectivity index is 1.89. The number of amides is 1. The Hall–Kier alpha value is -1.65. The van der Waals surface area contributed by atoms with E-state index in [-0.39, 0.29) is 17.4 Å². The number of aromatic nitrogens is 2. The Labute approximate surface area is 127 Å². The van der Waals surface area contributed by atoms with E-state index in [0.717, 1.165) is 43.9 Å². The molecule has 0 atom stereocenters. The van der Waals surface area contributed by atoms with Gasteiger partial charge in [-0.1, -0.05) is 6.92 Å². The van der Waals surface area contributed by atoms with E-state index in [1.807, 2.05) is 33.2 Å². The molecule has 1 aliphatic rings. The maximum absolute atomic E-state index is 12.2. The third kappa shape index (κ3) is 4.41. The van der Waals surface area contributed by atoms with Crippen LogP contribution in [0.1, 0.15) is 46.1 Å². The van der Waals surface area contributed by atoms with Gasteiger partial charge in [0.15, 0.2) is 0 Å². The van der Waals surface area contributed by atoms with Gasteiger partial charge in [0, 0.05) is 36.9 Å². The van der Waals surface area contributed by atoms with Crippen LogP contribution < -0.4 is 10.2 Å². The van der Waals surface area contributed by atoms with E-state index in [4.69, 9.17) is 0 Å². The molecule has 21 heavy (non-hydrogen) atoms. The van der Waals surface area contributed by atoms with Crippen LogP contribution in [0.25, 0.3) is 0 Å². The van der Waals surface area contributed by atoms with E-state index in [0.29, 0.717) is 0 Å².